The summed E-state index contributed by atoms with van der Waals surface area (Å²) in [6, 6.07) is 2.01. The molecule has 1 amide bonds. The Bertz CT molecular complexity index is 598. The molecular weight excluding hydrogens is 308 g/mol. The van der Waals surface area contributed by atoms with Gasteiger partial charge in [0.1, 0.15) is 0 Å². The molecule has 3 rings (SSSR count). The van der Waals surface area contributed by atoms with Crippen molar-refractivity contribution in [3.8, 4) is 0 Å². The fraction of sp³-hybridized carbons (Fsp3) is 0.643. The number of rotatable bonds is 3. The van der Waals surface area contributed by atoms with E-state index in [1.807, 2.05) is 10.3 Å². The molecule has 0 aliphatic carbocycles. The van der Waals surface area contributed by atoms with Gasteiger partial charge in [0.15, 0.2) is 9.84 Å². The van der Waals surface area contributed by atoms with Crippen molar-refractivity contribution in [2.45, 2.75) is 31.3 Å². The van der Waals surface area contributed by atoms with E-state index in [2.05, 4.69) is 16.8 Å². The summed E-state index contributed by atoms with van der Waals surface area (Å²) in [5.74, 6) is 0.326. The molecule has 0 bridgehead atoms. The van der Waals surface area contributed by atoms with Crippen LogP contribution in [0.4, 0.5) is 0 Å². The van der Waals surface area contributed by atoms with Gasteiger partial charge in [0.25, 0.3) is 0 Å². The molecule has 116 valence electrons. The van der Waals surface area contributed by atoms with Gasteiger partial charge in [-0.05, 0) is 35.2 Å². The molecule has 2 unspecified atom stereocenters. The van der Waals surface area contributed by atoms with Crippen molar-refractivity contribution in [2.24, 2.45) is 0 Å². The summed E-state index contributed by atoms with van der Waals surface area (Å²) in [6.07, 6.45) is 2.29. The molecule has 0 radical (unpaired) electrons. The Morgan fingerprint density at radius 3 is 3.05 bits per heavy atom. The number of hydrogen-bond donors (Lipinski definition) is 1. The molecule has 5 nitrogen and oxygen atoms in total. The molecule has 21 heavy (non-hydrogen) atoms. The molecule has 1 N–H and O–H groups in total. The molecule has 0 spiro atoms. The molecule has 2 atom stereocenters. The van der Waals surface area contributed by atoms with Crippen LogP contribution in [0, 0.1) is 0 Å². The monoisotopic (exact) mass is 328 g/mol. The smallest absolute Gasteiger partial charge is 0.224 e. The lowest BCUT2D eigenvalue weighted by Gasteiger charge is -2.28. The molecule has 2 fully saturated rings. The molecule has 2 saturated heterocycles. The molecule has 0 aromatic carbocycles. The predicted molar refractivity (Wildman–Crippen MR) is 83.1 cm³/mol. The number of amides is 1. The first-order chi connectivity index (χ1) is 10.1. The number of likely N-dealkylation sites (tertiary alicyclic amines) is 1. The number of nitrogens with zero attached hydrogens (tertiary/aromatic N) is 1. The van der Waals surface area contributed by atoms with Crippen LogP contribution in [0.3, 0.4) is 0 Å². The first-order valence-electron chi connectivity index (χ1n) is 7.30. The van der Waals surface area contributed by atoms with Gasteiger partial charge < -0.3 is 10.2 Å². The number of nitrogens with one attached hydrogen (secondary N) is 1. The number of carbonyl (C=O) groups is 1. The largest absolute Gasteiger partial charge is 0.336 e. The highest BCUT2D eigenvalue weighted by molar-refractivity contribution is 7.91. The van der Waals surface area contributed by atoms with E-state index in [-0.39, 0.29) is 35.9 Å². The zero-order valence-corrected chi connectivity index (χ0v) is 13.5. The van der Waals surface area contributed by atoms with Gasteiger partial charge in [0.05, 0.1) is 17.5 Å². The predicted octanol–water partition coefficient (Wildman–Crippen LogP) is 1.19. The van der Waals surface area contributed by atoms with E-state index in [1.54, 1.807) is 11.3 Å². The maximum atomic E-state index is 12.5. The number of carbonyl (C=O) groups excluding carboxylic acids is 1. The van der Waals surface area contributed by atoms with E-state index in [9.17, 15) is 13.2 Å². The van der Waals surface area contributed by atoms with Gasteiger partial charge in [-0.2, -0.15) is 11.3 Å². The van der Waals surface area contributed by atoms with Crippen LogP contribution in [0.15, 0.2) is 16.8 Å². The molecule has 1 aromatic heterocycles. The Hall–Kier alpha value is -0.920. The van der Waals surface area contributed by atoms with Gasteiger partial charge in [0.2, 0.25) is 5.91 Å². The summed E-state index contributed by atoms with van der Waals surface area (Å²) < 4.78 is 23.3. The summed E-state index contributed by atoms with van der Waals surface area (Å²) in [7, 11) is -2.99. The zero-order valence-electron chi connectivity index (χ0n) is 11.8. The third-order valence-corrected chi connectivity index (χ3v) is 6.66. The van der Waals surface area contributed by atoms with Crippen molar-refractivity contribution in [2.75, 3.05) is 24.6 Å². The number of sulfone groups is 1. The molecule has 3 heterocycles. The van der Waals surface area contributed by atoms with E-state index in [0.717, 1.165) is 19.4 Å². The summed E-state index contributed by atoms with van der Waals surface area (Å²) >= 11 is 1.65. The second-order valence-electron chi connectivity index (χ2n) is 5.77. The maximum Gasteiger partial charge on any atom is 0.224 e. The van der Waals surface area contributed by atoms with Crippen LogP contribution >= 0.6 is 11.3 Å². The van der Waals surface area contributed by atoms with Crippen LogP contribution in [0.2, 0.25) is 0 Å². The Morgan fingerprint density at radius 1 is 1.48 bits per heavy atom. The second kappa shape index (κ2) is 6.06. The Balaban J connectivity index is 1.65. The van der Waals surface area contributed by atoms with Crippen LogP contribution < -0.4 is 5.32 Å². The van der Waals surface area contributed by atoms with Crippen LogP contribution in [0.25, 0.3) is 0 Å². The molecule has 0 saturated carbocycles. The highest BCUT2D eigenvalue weighted by atomic mass is 32.2. The van der Waals surface area contributed by atoms with Crippen molar-refractivity contribution in [3.63, 3.8) is 0 Å². The lowest BCUT2D eigenvalue weighted by molar-refractivity contribution is -0.132. The van der Waals surface area contributed by atoms with Crippen molar-refractivity contribution >= 4 is 27.1 Å². The van der Waals surface area contributed by atoms with Crippen LogP contribution in [0.5, 0.6) is 0 Å². The summed E-state index contributed by atoms with van der Waals surface area (Å²) in [5.41, 5.74) is 1.20. The van der Waals surface area contributed by atoms with Gasteiger partial charge >= 0.3 is 0 Å². The highest BCUT2D eigenvalue weighted by Gasteiger charge is 2.33. The van der Waals surface area contributed by atoms with Crippen LogP contribution in [-0.4, -0.2) is 49.9 Å². The van der Waals surface area contributed by atoms with Crippen molar-refractivity contribution in [1.82, 2.24) is 10.2 Å². The maximum absolute atomic E-state index is 12.5. The standard InChI is InChI=1S/C14H20N2O3S2/c17-14(8-12-10-21(18,19)7-4-15-12)16-5-1-2-13(16)11-3-6-20-9-11/h3,6,9,12-13,15H,1-2,4-5,7-8,10H2. The minimum absolute atomic E-state index is 0.0679. The lowest BCUT2D eigenvalue weighted by atomic mass is 10.1. The normalized spacial score (nSPS) is 28.7. The van der Waals surface area contributed by atoms with Crippen molar-refractivity contribution in [1.29, 1.82) is 0 Å². The van der Waals surface area contributed by atoms with Gasteiger partial charge in [-0.15, -0.1) is 0 Å². The van der Waals surface area contributed by atoms with E-state index >= 15 is 0 Å². The minimum atomic E-state index is -2.99. The Morgan fingerprint density at radius 2 is 2.33 bits per heavy atom. The van der Waals surface area contributed by atoms with E-state index in [4.69, 9.17) is 0 Å². The Labute approximate surface area is 129 Å². The zero-order chi connectivity index (χ0) is 14.9. The average Bonchev–Trinajstić information content (AvgIpc) is 3.08. The first kappa shape index (κ1) is 15.0. The fourth-order valence-electron chi connectivity index (χ4n) is 3.20. The molecule has 2 aliphatic rings. The SMILES string of the molecule is O=C(CC1CS(=O)(=O)CCN1)N1CCCC1c1ccsc1. The summed E-state index contributed by atoms with van der Waals surface area (Å²) in [4.78, 5) is 14.4. The van der Waals surface area contributed by atoms with Crippen LogP contribution in [0.1, 0.15) is 30.9 Å². The van der Waals surface area contributed by atoms with Gasteiger partial charge in [-0.25, -0.2) is 8.42 Å². The topological polar surface area (TPSA) is 66.5 Å². The van der Waals surface area contributed by atoms with E-state index in [1.165, 1.54) is 5.56 Å². The quantitative estimate of drug-likeness (QED) is 0.905. The van der Waals surface area contributed by atoms with E-state index < -0.39 is 9.84 Å². The number of thiophene rings is 1. The van der Waals surface area contributed by atoms with Gasteiger partial charge in [-0.1, -0.05) is 0 Å². The molecular formula is C14H20N2O3S2. The van der Waals surface area contributed by atoms with Gasteiger partial charge in [0, 0.05) is 25.6 Å². The minimum Gasteiger partial charge on any atom is -0.336 e. The molecule has 7 heteroatoms. The first-order valence-corrected chi connectivity index (χ1v) is 10.1. The van der Waals surface area contributed by atoms with E-state index in [0.29, 0.717) is 6.54 Å². The van der Waals surface area contributed by atoms with Gasteiger partial charge in [-0.3, -0.25) is 4.79 Å². The van der Waals surface area contributed by atoms with Crippen molar-refractivity contribution < 1.29 is 13.2 Å². The lowest BCUT2D eigenvalue weighted by Crippen LogP contribution is -2.47. The fourth-order valence-corrected chi connectivity index (χ4v) is 5.35. The number of hydrogen-bond acceptors (Lipinski definition) is 5. The third kappa shape index (κ3) is 3.46. The highest BCUT2D eigenvalue weighted by Crippen LogP contribution is 2.33. The second-order valence-corrected chi connectivity index (χ2v) is 8.78. The molecule has 1 aromatic rings. The summed E-state index contributed by atoms with van der Waals surface area (Å²) in [5, 5.41) is 7.28. The average molecular weight is 328 g/mol. The third-order valence-electron chi connectivity index (χ3n) is 4.22. The molecule has 2 aliphatic heterocycles. The summed E-state index contributed by atoms with van der Waals surface area (Å²) in [6.45, 7) is 1.23. The van der Waals surface area contributed by atoms with Crippen molar-refractivity contribution in [3.05, 3.63) is 22.4 Å². The van der Waals surface area contributed by atoms with Crippen LogP contribution in [-0.2, 0) is 14.6 Å². The Kier molecular flexibility index (Phi) is 4.33.